The summed E-state index contributed by atoms with van der Waals surface area (Å²) < 4.78 is 0. The Balaban J connectivity index is -0.0000000360. The quantitative estimate of drug-likeness (QED) is 0.354. The molecule has 2 nitrogen and oxygen atoms in total. The highest BCUT2D eigenvalue weighted by atomic mass is 16.1. The molecule has 0 saturated carbocycles. The highest BCUT2D eigenvalue weighted by Crippen LogP contribution is 0.864. The Morgan fingerprint density at radius 1 is 1.14 bits per heavy atom. The summed E-state index contributed by atoms with van der Waals surface area (Å²) in [6, 6.07) is 0. The maximum atomic E-state index is 8.58. The van der Waals surface area contributed by atoms with Crippen molar-refractivity contribution in [2.75, 3.05) is 0 Å². The van der Waals surface area contributed by atoms with Crippen molar-refractivity contribution in [2.24, 2.45) is 5.73 Å². The van der Waals surface area contributed by atoms with E-state index in [2.05, 4.69) is 32.0 Å². The lowest BCUT2D eigenvalue weighted by molar-refractivity contribution is -0.106. The minimum Gasteiger partial charge on any atom is -0.372 e. The summed E-state index contributed by atoms with van der Waals surface area (Å²) in [4.78, 5) is 8.58. The Bertz CT molecular complexity index is 27.3. The Labute approximate surface area is 44.3 Å². The second-order valence-electron chi connectivity index (χ2n) is 0.136. The topological polar surface area (TPSA) is 43.1 Å². The number of primary amides is 1. The van der Waals surface area contributed by atoms with E-state index in [1.54, 1.807) is 0 Å². The van der Waals surface area contributed by atoms with Gasteiger partial charge in [0.05, 0.1) is 0 Å². The Morgan fingerprint density at radius 3 is 1.14 bits per heavy atom. The van der Waals surface area contributed by atoms with Crippen LogP contribution in [0.25, 0.3) is 0 Å². The minimum absolute atomic E-state index is 0.250. The molecule has 0 aliphatic heterocycles. The van der Waals surface area contributed by atoms with Crippen molar-refractivity contribution < 1.29 is 4.79 Å². The molecular weight excluding hydrogens is 90.1 g/mol. The number of amides is 1. The van der Waals surface area contributed by atoms with Gasteiger partial charge in [0.15, 0.2) is 0 Å². The number of rotatable bonds is 0. The van der Waals surface area contributed by atoms with Gasteiger partial charge in [-0.15, -0.1) is 26.3 Å². The van der Waals surface area contributed by atoms with Crippen molar-refractivity contribution in [3.8, 4) is 0 Å². The molecule has 0 radical (unpaired) electrons. The highest BCUT2D eigenvalue weighted by Gasteiger charge is 1.19. The van der Waals surface area contributed by atoms with Crippen molar-refractivity contribution >= 4 is 6.41 Å². The molecule has 1 amide bonds. The van der Waals surface area contributed by atoms with Crippen LogP contribution in [0.2, 0.25) is 0 Å². The summed E-state index contributed by atoms with van der Waals surface area (Å²) in [5.74, 6) is 0. The number of carbonyl (C=O) groups excluding carboxylic acids is 1. The average Bonchev–Trinajstić information content (AvgIpc) is 1.78. The summed E-state index contributed by atoms with van der Waals surface area (Å²) in [6.07, 6.45) is 0.250. The molecule has 0 unspecified atom stereocenters. The van der Waals surface area contributed by atoms with Crippen molar-refractivity contribution in [2.45, 2.75) is 0 Å². The maximum absolute atomic E-state index is 8.58. The first-order valence-corrected chi connectivity index (χ1v) is 1.57. The SMILES string of the molecule is C=C.C=C.NC=O. The van der Waals surface area contributed by atoms with Crippen molar-refractivity contribution in [3.63, 3.8) is 0 Å². The molecular formula is C5H11NO. The van der Waals surface area contributed by atoms with Gasteiger partial charge in [0.1, 0.15) is 0 Å². The fraction of sp³-hybridized carbons (Fsp3) is 0. The molecule has 2 heteroatoms. The molecule has 2 N–H and O–H groups in total. The van der Waals surface area contributed by atoms with E-state index in [-0.39, 0.29) is 6.41 Å². The molecule has 7 heavy (non-hydrogen) atoms. The fourth-order valence-corrected chi connectivity index (χ4v) is 0. The normalized spacial score (nSPS) is 2.86. The Morgan fingerprint density at radius 2 is 1.14 bits per heavy atom. The summed E-state index contributed by atoms with van der Waals surface area (Å²) in [7, 11) is 0. The molecule has 0 aromatic heterocycles. The predicted octanol–water partition coefficient (Wildman–Crippen LogP) is 0.706. The lowest BCUT2D eigenvalue weighted by Gasteiger charge is -1.32. The van der Waals surface area contributed by atoms with Crippen LogP contribution in [-0.4, -0.2) is 6.41 Å². The molecule has 0 spiro atoms. The second kappa shape index (κ2) is 30900. The molecule has 0 heterocycles. The van der Waals surface area contributed by atoms with Gasteiger partial charge in [-0.3, -0.25) is 4.79 Å². The third-order valence-electron chi connectivity index (χ3n) is 0. The largest absolute Gasteiger partial charge is 0.372 e. The highest BCUT2D eigenvalue weighted by molar-refractivity contribution is 5.42. The van der Waals surface area contributed by atoms with Crippen LogP contribution in [0.3, 0.4) is 0 Å². The minimum atomic E-state index is 0.250. The zero-order chi connectivity index (χ0) is 6.71. The van der Waals surface area contributed by atoms with Crippen LogP contribution < -0.4 is 5.73 Å². The third kappa shape index (κ3) is 39.1. The molecule has 0 bridgehead atoms. The maximum Gasteiger partial charge on any atom is 0.204 e. The van der Waals surface area contributed by atoms with Crippen LogP contribution in [0, 0.1) is 0 Å². The number of carbonyl (C=O) groups is 1. The summed E-state index contributed by atoms with van der Waals surface area (Å²) in [5, 5.41) is 0. The smallest absolute Gasteiger partial charge is 0.204 e. The van der Waals surface area contributed by atoms with E-state index < -0.39 is 0 Å². The fourth-order valence-electron chi connectivity index (χ4n) is 0. The first-order valence-electron chi connectivity index (χ1n) is 1.57. The van der Waals surface area contributed by atoms with E-state index in [0.717, 1.165) is 0 Å². The first kappa shape index (κ1) is 16.8. The Hall–Kier alpha value is -1.05. The lowest BCUT2D eigenvalue weighted by Crippen LogP contribution is -1.82. The molecule has 0 fully saturated rings. The summed E-state index contributed by atoms with van der Waals surface area (Å²) in [5.41, 5.74) is 4.17. The molecule has 0 aliphatic carbocycles. The zero-order valence-corrected chi connectivity index (χ0v) is 4.39. The van der Waals surface area contributed by atoms with Gasteiger partial charge in [-0.1, -0.05) is 0 Å². The average molecular weight is 101 g/mol. The van der Waals surface area contributed by atoms with Gasteiger partial charge >= 0.3 is 0 Å². The molecule has 0 aromatic rings. The van der Waals surface area contributed by atoms with E-state index in [9.17, 15) is 0 Å². The molecule has 0 aromatic carbocycles. The van der Waals surface area contributed by atoms with Crippen molar-refractivity contribution in [3.05, 3.63) is 26.3 Å². The van der Waals surface area contributed by atoms with Gasteiger partial charge in [-0.25, -0.2) is 0 Å². The van der Waals surface area contributed by atoms with Crippen LogP contribution in [0.4, 0.5) is 0 Å². The van der Waals surface area contributed by atoms with E-state index in [4.69, 9.17) is 4.79 Å². The lowest BCUT2D eigenvalue weighted by atomic mass is 11.3. The molecule has 0 aliphatic rings. The molecule has 0 atom stereocenters. The van der Waals surface area contributed by atoms with Crippen LogP contribution in [-0.2, 0) is 4.79 Å². The van der Waals surface area contributed by atoms with Crippen LogP contribution in [0.15, 0.2) is 26.3 Å². The van der Waals surface area contributed by atoms with Crippen LogP contribution >= 0.6 is 0 Å². The molecule has 42 valence electrons. The van der Waals surface area contributed by atoms with Gasteiger partial charge < -0.3 is 5.73 Å². The number of hydrogen-bond acceptors (Lipinski definition) is 1. The molecule has 0 saturated heterocycles. The number of nitrogens with two attached hydrogens (primary N) is 1. The monoisotopic (exact) mass is 101 g/mol. The molecule has 0 rings (SSSR count). The van der Waals surface area contributed by atoms with E-state index in [0.29, 0.717) is 0 Å². The van der Waals surface area contributed by atoms with Gasteiger partial charge in [0, 0.05) is 0 Å². The first-order chi connectivity index (χ1) is 3.41. The van der Waals surface area contributed by atoms with E-state index in [1.807, 2.05) is 0 Å². The standard InChI is InChI=1S/2C2H4.CH3NO/c2*1-2;2-1-3/h2*1-2H2;1H,(H2,2,3). The number of hydrogen-bond donors (Lipinski definition) is 1. The zero-order valence-electron chi connectivity index (χ0n) is 4.39. The Kier molecular flexibility index (Phi) is 73900. The van der Waals surface area contributed by atoms with Gasteiger partial charge in [0.2, 0.25) is 6.41 Å². The van der Waals surface area contributed by atoms with E-state index >= 15 is 0 Å². The summed E-state index contributed by atoms with van der Waals surface area (Å²) in [6.45, 7) is 12.0. The van der Waals surface area contributed by atoms with Crippen LogP contribution in [0.5, 0.6) is 0 Å². The van der Waals surface area contributed by atoms with Gasteiger partial charge in [-0.05, 0) is 0 Å². The predicted molar refractivity (Wildman–Crippen MR) is 32.8 cm³/mol. The third-order valence-corrected chi connectivity index (χ3v) is 0. The van der Waals surface area contributed by atoms with Gasteiger partial charge in [0.25, 0.3) is 0 Å². The van der Waals surface area contributed by atoms with Gasteiger partial charge in [-0.2, -0.15) is 0 Å². The second-order valence-corrected chi connectivity index (χ2v) is 0.136. The van der Waals surface area contributed by atoms with Crippen LogP contribution in [0.1, 0.15) is 0 Å². The summed E-state index contributed by atoms with van der Waals surface area (Å²) >= 11 is 0. The van der Waals surface area contributed by atoms with Crippen molar-refractivity contribution in [1.29, 1.82) is 0 Å². The van der Waals surface area contributed by atoms with Crippen molar-refractivity contribution in [1.82, 2.24) is 0 Å². The van der Waals surface area contributed by atoms with E-state index in [1.165, 1.54) is 0 Å².